The van der Waals surface area contributed by atoms with Gasteiger partial charge in [-0.15, -0.1) is 11.3 Å². The minimum absolute atomic E-state index is 0.223. The summed E-state index contributed by atoms with van der Waals surface area (Å²) in [6, 6.07) is 15.1. The van der Waals surface area contributed by atoms with Gasteiger partial charge in [0, 0.05) is 48.3 Å². The largest absolute Gasteiger partial charge is 0.492 e. The van der Waals surface area contributed by atoms with Gasteiger partial charge in [0.1, 0.15) is 23.1 Å². The Kier molecular flexibility index (Phi) is 7.27. The molecule has 4 aromatic rings. The second-order valence-electron chi connectivity index (χ2n) is 8.04. The quantitative estimate of drug-likeness (QED) is 0.367. The van der Waals surface area contributed by atoms with Crippen molar-refractivity contribution < 1.29 is 9.53 Å². The number of aromatic nitrogens is 3. The van der Waals surface area contributed by atoms with Crippen LogP contribution in [0.4, 0.5) is 11.4 Å². The summed E-state index contributed by atoms with van der Waals surface area (Å²) in [6.45, 7) is 4.73. The second-order valence-corrected chi connectivity index (χ2v) is 9.34. The van der Waals surface area contributed by atoms with Gasteiger partial charge in [0.15, 0.2) is 0 Å². The van der Waals surface area contributed by atoms with Crippen LogP contribution in [-0.2, 0) is 6.54 Å². The van der Waals surface area contributed by atoms with Gasteiger partial charge in [-0.05, 0) is 36.4 Å². The molecule has 1 aliphatic heterocycles. The van der Waals surface area contributed by atoms with Gasteiger partial charge in [-0.1, -0.05) is 23.7 Å². The standard InChI is InChI=1S/C25H25ClN6O2S/c26-19-5-7-20(8-6-19)34-14-13-32-16-18(15-28-32)25-30-22(17-35-25)24(33)29-21-3-1-2-4-23(21)31-11-9-27-10-12-31/h1-8,15-17,27H,9-14H2,(H,29,33). The molecule has 1 saturated heterocycles. The van der Waals surface area contributed by atoms with Crippen molar-refractivity contribution >= 4 is 40.2 Å². The van der Waals surface area contributed by atoms with Crippen LogP contribution in [0, 0.1) is 0 Å². The van der Waals surface area contributed by atoms with Crippen molar-refractivity contribution in [3.05, 3.63) is 77.0 Å². The molecule has 3 heterocycles. The lowest BCUT2D eigenvalue weighted by molar-refractivity contribution is 0.102. The Morgan fingerprint density at radius 2 is 1.94 bits per heavy atom. The average molecular weight is 509 g/mol. The van der Waals surface area contributed by atoms with E-state index < -0.39 is 0 Å². The molecule has 0 saturated carbocycles. The first kappa shape index (κ1) is 23.3. The molecule has 2 aromatic heterocycles. The van der Waals surface area contributed by atoms with Crippen molar-refractivity contribution in [2.75, 3.05) is 43.0 Å². The zero-order chi connectivity index (χ0) is 24.0. The molecule has 0 unspecified atom stereocenters. The molecule has 180 valence electrons. The number of halogens is 1. The van der Waals surface area contributed by atoms with Gasteiger partial charge < -0.3 is 20.3 Å². The average Bonchev–Trinajstić information content (AvgIpc) is 3.56. The Labute approximate surface area is 212 Å². The summed E-state index contributed by atoms with van der Waals surface area (Å²) in [5, 5.41) is 14.0. The molecule has 2 N–H and O–H groups in total. The number of benzene rings is 2. The number of carbonyl (C=O) groups is 1. The molecule has 1 fully saturated rings. The van der Waals surface area contributed by atoms with Gasteiger partial charge >= 0.3 is 0 Å². The van der Waals surface area contributed by atoms with E-state index in [1.807, 2.05) is 42.6 Å². The van der Waals surface area contributed by atoms with Gasteiger partial charge in [-0.25, -0.2) is 4.98 Å². The smallest absolute Gasteiger partial charge is 0.275 e. The third kappa shape index (κ3) is 5.82. The molecule has 8 nitrogen and oxygen atoms in total. The highest BCUT2D eigenvalue weighted by atomic mass is 35.5. The maximum Gasteiger partial charge on any atom is 0.275 e. The number of nitrogens with zero attached hydrogens (tertiary/aromatic N) is 4. The highest BCUT2D eigenvalue weighted by Crippen LogP contribution is 2.28. The van der Waals surface area contributed by atoms with E-state index >= 15 is 0 Å². The number of nitrogens with one attached hydrogen (secondary N) is 2. The Bertz CT molecular complexity index is 1280. The van der Waals surface area contributed by atoms with Gasteiger partial charge in [-0.3, -0.25) is 9.48 Å². The molecule has 0 aliphatic carbocycles. The van der Waals surface area contributed by atoms with E-state index in [1.54, 1.807) is 28.4 Å². The zero-order valence-corrected chi connectivity index (χ0v) is 20.6. The molecular weight excluding hydrogens is 484 g/mol. The van der Waals surface area contributed by atoms with Gasteiger partial charge in [0.25, 0.3) is 5.91 Å². The molecule has 0 spiro atoms. The molecular formula is C25H25ClN6O2S. The van der Waals surface area contributed by atoms with E-state index in [0.29, 0.717) is 23.9 Å². The zero-order valence-electron chi connectivity index (χ0n) is 19.0. The Morgan fingerprint density at radius 1 is 1.14 bits per heavy atom. The van der Waals surface area contributed by atoms with Crippen LogP contribution in [0.1, 0.15) is 10.5 Å². The summed E-state index contributed by atoms with van der Waals surface area (Å²) < 4.78 is 7.53. The molecule has 1 aliphatic rings. The molecule has 35 heavy (non-hydrogen) atoms. The number of rotatable bonds is 8. The Balaban J connectivity index is 1.20. The van der Waals surface area contributed by atoms with Crippen LogP contribution < -0.4 is 20.3 Å². The molecule has 0 bridgehead atoms. The van der Waals surface area contributed by atoms with E-state index in [0.717, 1.165) is 53.9 Å². The van der Waals surface area contributed by atoms with Crippen LogP contribution >= 0.6 is 22.9 Å². The maximum absolute atomic E-state index is 13.0. The van der Waals surface area contributed by atoms with Crippen molar-refractivity contribution in [1.29, 1.82) is 0 Å². The molecule has 0 atom stereocenters. The van der Waals surface area contributed by atoms with Crippen LogP contribution in [0.15, 0.2) is 66.3 Å². The minimum Gasteiger partial charge on any atom is -0.492 e. The van der Waals surface area contributed by atoms with E-state index in [-0.39, 0.29) is 5.91 Å². The van der Waals surface area contributed by atoms with Gasteiger partial charge in [0.05, 0.1) is 24.1 Å². The van der Waals surface area contributed by atoms with Gasteiger partial charge in [0.2, 0.25) is 0 Å². The number of thiazole rings is 1. The first-order valence-corrected chi connectivity index (χ1v) is 12.6. The lowest BCUT2D eigenvalue weighted by Gasteiger charge is -2.31. The summed E-state index contributed by atoms with van der Waals surface area (Å²) in [7, 11) is 0. The van der Waals surface area contributed by atoms with Crippen molar-refractivity contribution in [2.24, 2.45) is 0 Å². The van der Waals surface area contributed by atoms with E-state index in [9.17, 15) is 4.79 Å². The highest BCUT2D eigenvalue weighted by Gasteiger charge is 2.18. The first-order chi connectivity index (χ1) is 17.2. The number of ether oxygens (including phenoxy) is 1. The Hall–Kier alpha value is -3.40. The number of hydrogen-bond donors (Lipinski definition) is 2. The Morgan fingerprint density at radius 3 is 2.77 bits per heavy atom. The fraction of sp³-hybridized carbons (Fsp3) is 0.240. The van der Waals surface area contributed by atoms with Crippen LogP contribution in [0.2, 0.25) is 5.02 Å². The van der Waals surface area contributed by atoms with Crippen molar-refractivity contribution in [3.63, 3.8) is 0 Å². The first-order valence-electron chi connectivity index (χ1n) is 11.4. The van der Waals surface area contributed by atoms with E-state index in [2.05, 4.69) is 25.6 Å². The van der Waals surface area contributed by atoms with Crippen molar-refractivity contribution in [2.45, 2.75) is 6.54 Å². The number of anilines is 2. The van der Waals surface area contributed by atoms with E-state index in [4.69, 9.17) is 16.3 Å². The van der Waals surface area contributed by atoms with Crippen LogP contribution in [0.3, 0.4) is 0 Å². The molecule has 10 heteroatoms. The molecule has 2 aromatic carbocycles. The number of para-hydroxylation sites is 2. The summed E-state index contributed by atoms with van der Waals surface area (Å²) in [4.78, 5) is 19.8. The van der Waals surface area contributed by atoms with Crippen LogP contribution in [0.5, 0.6) is 5.75 Å². The van der Waals surface area contributed by atoms with Gasteiger partial charge in [-0.2, -0.15) is 5.10 Å². The van der Waals surface area contributed by atoms with Crippen molar-refractivity contribution in [1.82, 2.24) is 20.1 Å². The van der Waals surface area contributed by atoms with Crippen molar-refractivity contribution in [3.8, 4) is 16.3 Å². The topological polar surface area (TPSA) is 84.3 Å². The maximum atomic E-state index is 13.0. The monoisotopic (exact) mass is 508 g/mol. The third-order valence-electron chi connectivity index (χ3n) is 5.63. The number of hydrogen-bond acceptors (Lipinski definition) is 7. The third-order valence-corrected chi connectivity index (χ3v) is 6.77. The lowest BCUT2D eigenvalue weighted by Crippen LogP contribution is -2.43. The summed E-state index contributed by atoms with van der Waals surface area (Å²) in [5.41, 5.74) is 3.07. The predicted molar refractivity (Wildman–Crippen MR) is 140 cm³/mol. The predicted octanol–water partition coefficient (Wildman–Crippen LogP) is 4.40. The summed E-state index contributed by atoms with van der Waals surface area (Å²) in [5.74, 6) is 0.537. The van der Waals surface area contributed by atoms with Crippen LogP contribution in [-0.4, -0.2) is 53.5 Å². The number of amides is 1. The number of piperazine rings is 1. The van der Waals surface area contributed by atoms with E-state index in [1.165, 1.54) is 11.3 Å². The summed E-state index contributed by atoms with van der Waals surface area (Å²) in [6.07, 6.45) is 3.66. The summed E-state index contributed by atoms with van der Waals surface area (Å²) >= 11 is 7.32. The second kappa shape index (κ2) is 10.9. The van der Waals surface area contributed by atoms with Crippen LogP contribution in [0.25, 0.3) is 10.6 Å². The number of carbonyl (C=O) groups excluding carboxylic acids is 1. The minimum atomic E-state index is -0.223. The molecule has 0 radical (unpaired) electrons. The lowest BCUT2D eigenvalue weighted by atomic mass is 10.2. The molecule has 1 amide bonds. The fourth-order valence-electron chi connectivity index (χ4n) is 3.84. The highest BCUT2D eigenvalue weighted by molar-refractivity contribution is 7.13. The SMILES string of the molecule is O=C(Nc1ccccc1N1CCNCC1)c1csc(-c2cnn(CCOc3ccc(Cl)cc3)c2)n1. The normalized spacial score (nSPS) is 13.6. The molecule has 5 rings (SSSR count). The fourth-order valence-corrected chi connectivity index (χ4v) is 4.74.